The number of benzene rings is 1. The minimum atomic E-state index is -0.258. The number of halogens is 1. The van der Waals surface area contributed by atoms with Crippen LogP contribution in [0.3, 0.4) is 0 Å². The van der Waals surface area contributed by atoms with Gasteiger partial charge in [-0.25, -0.2) is 4.39 Å². The third-order valence-electron chi connectivity index (χ3n) is 3.20. The molecule has 0 bridgehead atoms. The van der Waals surface area contributed by atoms with Crippen molar-refractivity contribution in [3.8, 4) is 10.4 Å². The SMILES string of the molecule is O=C(NCCc1cccs1)c1ccc(-c2ccc(F)cc2)s1. The molecule has 0 aliphatic rings. The molecule has 1 aromatic carbocycles. The van der Waals surface area contributed by atoms with E-state index >= 15 is 0 Å². The molecule has 0 radical (unpaired) electrons. The molecular weight excluding hydrogens is 317 g/mol. The van der Waals surface area contributed by atoms with E-state index in [1.165, 1.54) is 28.3 Å². The van der Waals surface area contributed by atoms with Crippen molar-refractivity contribution in [2.75, 3.05) is 6.54 Å². The van der Waals surface area contributed by atoms with E-state index in [9.17, 15) is 9.18 Å². The van der Waals surface area contributed by atoms with Crippen molar-refractivity contribution in [2.45, 2.75) is 6.42 Å². The molecule has 0 saturated heterocycles. The van der Waals surface area contributed by atoms with Crippen LogP contribution in [0.1, 0.15) is 14.5 Å². The largest absolute Gasteiger partial charge is 0.351 e. The molecule has 3 rings (SSSR count). The van der Waals surface area contributed by atoms with Crippen LogP contribution in [-0.2, 0) is 6.42 Å². The lowest BCUT2D eigenvalue weighted by molar-refractivity contribution is 0.0958. The Labute approximate surface area is 136 Å². The van der Waals surface area contributed by atoms with Crippen molar-refractivity contribution in [3.05, 3.63) is 69.5 Å². The normalized spacial score (nSPS) is 10.6. The van der Waals surface area contributed by atoms with Gasteiger partial charge < -0.3 is 5.32 Å². The summed E-state index contributed by atoms with van der Waals surface area (Å²) >= 11 is 3.11. The van der Waals surface area contributed by atoms with E-state index in [-0.39, 0.29) is 11.7 Å². The van der Waals surface area contributed by atoms with Crippen LogP contribution in [-0.4, -0.2) is 12.5 Å². The first-order valence-electron chi connectivity index (χ1n) is 6.89. The molecule has 3 aromatic rings. The van der Waals surface area contributed by atoms with Gasteiger partial charge in [0.05, 0.1) is 4.88 Å². The molecule has 0 saturated carbocycles. The number of thiophene rings is 2. The topological polar surface area (TPSA) is 29.1 Å². The van der Waals surface area contributed by atoms with E-state index in [0.29, 0.717) is 11.4 Å². The Hall–Kier alpha value is -1.98. The number of hydrogen-bond donors (Lipinski definition) is 1. The lowest BCUT2D eigenvalue weighted by atomic mass is 10.2. The van der Waals surface area contributed by atoms with Crippen LogP contribution in [0.15, 0.2) is 53.9 Å². The second kappa shape index (κ2) is 6.85. The smallest absolute Gasteiger partial charge is 0.261 e. The van der Waals surface area contributed by atoms with Crippen LogP contribution < -0.4 is 5.32 Å². The van der Waals surface area contributed by atoms with E-state index in [1.54, 1.807) is 23.5 Å². The summed E-state index contributed by atoms with van der Waals surface area (Å²) in [6.45, 7) is 0.628. The highest BCUT2D eigenvalue weighted by Crippen LogP contribution is 2.28. The minimum Gasteiger partial charge on any atom is -0.351 e. The number of rotatable bonds is 5. The Bertz CT molecular complexity index is 747. The van der Waals surface area contributed by atoms with Gasteiger partial charge in [0.25, 0.3) is 5.91 Å². The van der Waals surface area contributed by atoms with Crippen molar-refractivity contribution in [3.63, 3.8) is 0 Å². The van der Waals surface area contributed by atoms with Gasteiger partial charge in [-0.1, -0.05) is 18.2 Å². The fraction of sp³-hybridized carbons (Fsp3) is 0.118. The van der Waals surface area contributed by atoms with Gasteiger partial charge in [-0.3, -0.25) is 4.79 Å². The maximum Gasteiger partial charge on any atom is 0.261 e. The van der Waals surface area contributed by atoms with Gasteiger partial charge in [-0.05, 0) is 47.7 Å². The highest BCUT2D eigenvalue weighted by molar-refractivity contribution is 7.17. The summed E-state index contributed by atoms with van der Waals surface area (Å²) in [5, 5.41) is 4.96. The Morgan fingerprint density at radius 2 is 1.91 bits per heavy atom. The van der Waals surface area contributed by atoms with Crippen molar-refractivity contribution < 1.29 is 9.18 Å². The Balaban J connectivity index is 1.60. The van der Waals surface area contributed by atoms with Gasteiger partial charge in [0, 0.05) is 16.3 Å². The Morgan fingerprint density at radius 1 is 1.09 bits per heavy atom. The summed E-state index contributed by atoms with van der Waals surface area (Å²) in [7, 11) is 0. The quantitative estimate of drug-likeness (QED) is 0.728. The number of amides is 1. The van der Waals surface area contributed by atoms with E-state index in [0.717, 1.165) is 16.9 Å². The van der Waals surface area contributed by atoms with E-state index < -0.39 is 0 Å². The minimum absolute atomic E-state index is 0.0603. The second-order valence-electron chi connectivity index (χ2n) is 4.76. The molecule has 0 unspecified atom stereocenters. The maximum absolute atomic E-state index is 12.9. The summed E-state index contributed by atoms with van der Waals surface area (Å²) in [5.74, 6) is -0.318. The molecule has 0 fully saturated rings. The zero-order chi connectivity index (χ0) is 15.4. The lowest BCUT2D eigenvalue weighted by Gasteiger charge is -2.02. The second-order valence-corrected chi connectivity index (χ2v) is 6.87. The molecule has 2 heterocycles. The molecule has 112 valence electrons. The van der Waals surface area contributed by atoms with Gasteiger partial charge in [0.15, 0.2) is 0 Å². The maximum atomic E-state index is 12.9. The van der Waals surface area contributed by atoms with E-state index in [2.05, 4.69) is 11.4 Å². The summed E-state index contributed by atoms with van der Waals surface area (Å²) in [4.78, 5) is 15.0. The average Bonchev–Trinajstić information content (AvgIpc) is 3.19. The molecule has 2 aromatic heterocycles. The molecule has 1 N–H and O–H groups in total. The highest BCUT2D eigenvalue weighted by atomic mass is 32.1. The van der Waals surface area contributed by atoms with Crippen molar-refractivity contribution in [1.29, 1.82) is 0 Å². The van der Waals surface area contributed by atoms with Crippen molar-refractivity contribution in [1.82, 2.24) is 5.32 Å². The molecule has 0 atom stereocenters. The molecular formula is C17H14FNOS2. The van der Waals surface area contributed by atoms with Gasteiger partial charge in [0.1, 0.15) is 5.82 Å². The summed E-state index contributed by atoms with van der Waals surface area (Å²) in [5.41, 5.74) is 0.920. The first-order chi connectivity index (χ1) is 10.7. The van der Waals surface area contributed by atoms with E-state index in [1.807, 2.05) is 23.6 Å². The Morgan fingerprint density at radius 3 is 2.64 bits per heavy atom. The van der Waals surface area contributed by atoms with Crippen LogP contribution in [0.25, 0.3) is 10.4 Å². The van der Waals surface area contributed by atoms with Crippen molar-refractivity contribution >= 4 is 28.6 Å². The zero-order valence-electron chi connectivity index (χ0n) is 11.7. The van der Waals surface area contributed by atoms with Crippen molar-refractivity contribution in [2.24, 2.45) is 0 Å². The summed E-state index contributed by atoms with van der Waals surface area (Å²) in [6.07, 6.45) is 0.847. The molecule has 1 amide bonds. The molecule has 22 heavy (non-hydrogen) atoms. The molecule has 0 aliphatic heterocycles. The number of carbonyl (C=O) groups excluding carboxylic acids is 1. The lowest BCUT2D eigenvalue weighted by Crippen LogP contribution is -2.24. The average molecular weight is 331 g/mol. The van der Waals surface area contributed by atoms with Crippen LogP contribution in [0, 0.1) is 5.82 Å². The fourth-order valence-corrected chi connectivity index (χ4v) is 3.71. The predicted octanol–water partition coefficient (Wildman–Crippen LogP) is 4.59. The molecule has 2 nitrogen and oxygen atoms in total. The number of hydrogen-bond acceptors (Lipinski definition) is 3. The zero-order valence-corrected chi connectivity index (χ0v) is 13.3. The monoisotopic (exact) mass is 331 g/mol. The fourth-order valence-electron chi connectivity index (χ4n) is 2.07. The summed E-state index contributed by atoms with van der Waals surface area (Å²) < 4.78 is 12.9. The van der Waals surface area contributed by atoms with Gasteiger partial charge in [-0.2, -0.15) is 0 Å². The Kier molecular flexibility index (Phi) is 4.65. The van der Waals surface area contributed by atoms with Gasteiger partial charge in [0.2, 0.25) is 0 Å². The van der Waals surface area contributed by atoms with Gasteiger partial charge in [-0.15, -0.1) is 22.7 Å². The number of carbonyl (C=O) groups is 1. The first kappa shape index (κ1) is 14.9. The molecule has 0 spiro atoms. The van der Waals surface area contributed by atoms with Crippen LogP contribution in [0.4, 0.5) is 4.39 Å². The molecule has 5 heteroatoms. The van der Waals surface area contributed by atoms with Crippen LogP contribution in [0.2, 0.25) is 0 Å². The first-order valence-corrected chi connectivity index (χ1v) is 8.58. The van der Waals surface area contributed by atoms with Gasteiger partial charge >= 0.3 is 0 Å². The third-order valence-corrected chi connectivity index (χ3v) is 5.26. The van der Waals surface area contributed by atoms with E-state index in [4.69, 9.17) is 0 Å². The predicted molar refractivity (Wildman–Crippen MR) is 90.1 cm³/mol. The third kappa shape index (κ3) is 3.61. The highest BCUT2D eigenvalue weighted by Gasteiger charge is 2.10. The summed E-state index contributed by atoms with van der Waals surface area (Å²) in [6, 6.07) is 14.1. The standard InChI is InChI=1S/C17H14FNOS2/c18-13-5-3-12(4-6-13)15-7-8-16(22-15)17(20)19-10-9-14-2-1-11-21-14/h1-8,11H,9-10H2,(H,19,20). The number of nitrogens with one attached hydrogen (secondary N) is 1. The van der Waals surface area contributed by atoms with Crippen LogP contribution >= 0.6 is 22.7 Å². The molecule has 0 aliphatic carbocycles. The van der Waals surface area contributed by atoms with Crippen LogP contribution in [0.5, 0.6) is 0 Å².